The number of aromatic amines is 1. The number of aromatic nitrogens is 2. The number of nitriles is 1. The molecule has 1 aromatic heterocycles. The van der Waals surface area contributed by atoms with Crippen molar-refractivity contribution in [2.24, 2.45) is 5.73 Å². The zero-order valence-corrected chi connectivity index (χ0v) is 17.5. The first-order valence-electron chi connectivity index (χ1n) is 10.1. The molecule has 0 aliphatic heterocycles. The first-order valence-corrected chi connectivity index (χ1v) is 10.1. The summed E-state index contributed by atoms with van der Waals surface area (Å²) in [5.41, 5.74) is 13.9. The van der Waals surface area contributed by atoms with E-state index in [2.05, 4.69) is 32.3 Å². The second kappa shape index (κ2) is 13.5. The lowest BCUT2D eigenvalue weighted by molar-refractivity contribution is 0.0962. The molecule has 8 nitrogen and oxygen atoms in total. The van der Waals surface area contributed by atoms with Crippen molar-refractivity contribution in [3.05, 3.63) is 83.9 Å². The van der Waals surface area contributed by atoms with E-state index in [-0.39, 0.29) is 5.91 Å². The molecule has 1 amide bonds. The first-order chi connectivity index (χ1) is 15.2. The number of nitrogens with zero attached hydrogens (tertiary/aromatic N) is 3. The molecule has 1 heterocycles. The van der Waals surface area contributed by atoms with Crippen LogP contribution < -0.4 is 16.6 Å². The third-order valence-electron chi connectivity index (χ3n) is 4.57. The number of para-hydroxylation sites is 1. The second-order valence-corrected chi connectivity index (χ2v) is 6.88. The molecule has 0 aliphatic carbocycles. The minimum Gasteiger partial charge on any atom is -0.348 e. The molecule has 0 radical (unpaired) electrons. The summed E-state index contributed by atoms with van der Waals surface area (Å²) >= 11 is 0. The molecule has 31 heavy (non-hydrogen) atoms. The molecule has 3 rings (SSSR count). The highest BCUT2D eigenvalue weighted by Crippen LogP contribution is 2.11. The van der Waals surface area contributed by atoms with E-state index in [9.17, 15) is 4.79 Å². The van der Waals surface area contributed by atoms with Crippen molar-refractivity contribution in [2.75, 3.05) is 18.5 Å². The third-order valence-corrected chi connectivity index (χ3v) is 4.57. The zero-order chi connectivity index (χ0) is 22.3. The van der Waals surface area contributed by atoms with Crippen molar-refractivity contribution in [1.29, 1.82) is 5.26 Å². The number of nitrogens with one attached hydrogen (secondary N) is 3. The van der Waals surface area contributed by atoms with Gasteiger partial charge in [-0.15, -0.1) is 0 Å². The maximum absolute atomic E-state index is 12.3. The Kier molecular flexibility index (Phi) is 10.3. The molecule has 0 unspecified atom stereocenters. The Morgan fingerprint density at radius 3 is 2.45 bits per heavy atom. The molecule has 3 aromatic rings. The van der Waals surface area contributed by atoms with Gasteiger partial charge in [0.1, 0.15) is 5.82 Å². The van der Waals surface area contributed by atoms with E-state index >= 15 is 0 Å². The molecule has 0 bridgehead atoms. The Balaban J connectivity index is 0.00000166. The fourth-order valence-electron chi connectivity index (χ4n) is 3.03. The van der Waals surface area contributed by atoms with Crippen molar-refractivity contribution in [3.63, 3.8) is 0 Å². The molecule has 5 N–H and O–H groups in total. The van der Waals surface area contributed by atoms with E-state index < -0.39 is 0 Å². The number of hydrogen-bond donors (Lipinski definition) is 4. The summed E-state index contributed by atoms with van der Waals surface area (Å²) in [6.45, 7) is 6.69. The summed E-state index contributed by atoms with van der Waals surface area (Å²) in [6, 6.07) is 17.2. The lowest BCUT2D eigenvalue weighted by Crippen LogP contribution is -2.29. The summed E-state index contributed by atoms with van der Waals surface area (Å²) in [6.07, 6.45) is 5.65. The molecule has 0 saturated heterocycles. The molecule has 0 fully saturated rings. The van der Waals surface area contributed by atoms with Gasteiger partial charge in [-0.05, 0) is 55.8 Å². The molecular weight excluding hydrogens is 390 g/mol. The van der Waals surface area contributed by atoms with Crippen LogP contribution in [0.25, 0.3) is 0 Å². The number of nitrogens with two attached hydrogens (primary N) is 1. The van der Waals surface area contributed by atoms with Crippen LogP contribution in [0.1, 0.15) is 34.6 Å². The summed E-state index contributed by atoms with van der Waals surface area (Å²) < 4.78 is 0. The van der Waals surface area contributed by atoms with E-state index in [1.165, 1.54) is 0 Å². The number of carbonyl (C=O) groups is 1. The largest absolute Gasteiger partial charge is 0.348 e. The van der Waals surface area contributed by atoms with Crippen molar-refractivity contribution in [2.45, 2.75) is 25.9 Å². The zero-order valence-electron chi connectivity index (χ0n) is 17.5. The van der Waals surface area contributed by atoms with Gasteiger partial charge in [0.2, 0.25) is 0 Å². The third kappa shape index (κ3) is 8.30. The van der Waals surface area contributed by atoms with Crippen LogP contribution in [0, 0.1) is 11.8 Å². The van der Waals surface area contributed by atoms with E-state index in [1.54, 1.807) is 6.20 Å². The summed E-state index contributed by atoms with van der Waals surface area (Å²) in [7, 11) is 0. The number of carbonyl (C=O) groups excluding carboxylic acids is 1. The number of benzene rings is 2. The Morgan fingerprint density at radius 2 is 1.81 bits per heavy atom. The second-order valence-electron chi connectivity index (χ2n) is 6.88. The summed E-state index contributed by atoms with van der Waals surface area (Å²) in [5, 5.41) is 6.50. The van der Waals surface area contributed by atoms with Crippen molar-refractivity contribution < 1.29 is 4.79 Å². The quantitative estimate of drug-likeness (QED) is 0.280. The SMILES string of the molecule is C#N.NCCCCN(Cc1ccc(C(=O)NNc2ccccc2)cc1)Cc1ncc[nH]1. The molecule has 2 aromatic carbocycles. The fraction of sp³-hybridized carbons (Fsp3) is 0.261. The summed E-state index contributed by atoms with van der Waals surface area (Å²) in [5.74, 6) is 0.775. The Hall–Kier alpha value is -3.67. The maximum Gasteiger partial charge on any atom is 0.269 e. The van der Waals surface area contributed by atoms with Crippen LogP contribution in [0.4, 0.5) is 5.69 Å². The number of hydrazine groups is 1. The standard InChI is InChI=1S/C22H28N6O.CHN/c23-12-4-5-15-28(17-21-24-13-14-25-21)16-18-8-10-19(11-9-18)22(29)27-26-20-6-2-1-3-7-20;1-2/h1-3,6-11,13-14,26H,4-5,12,15-17,23H2,(H,24,25)(H,27,29);1H. The Labute approximate surface area is 183 Å². The van der Waals surface area contributed by atoms with Gasteiger partial charge in [-0.25, -0.2) is 10.2 Å². The van der Waals surface area contributed by atoms with E-state index in [4.69, 9.17) is 11.0 Å². The maximum atomic E-state index is 12.3. The molecule has 0 atom stereocenters. The van der Waals surface area contributed by atoms with Crippen LogP contribution >= 0.6 is 0 Å². The highest BCUT2D eigenvalue weighted by Gasteiger charge is 2.10. The molecule has 162 valence electrons. The van der Waals surface area contributed by atoms with Gasteiger partial charge in [0.15, 0.2) is 0 Å². The van der Waals surface area contributed by atoms with E-state index in [1.807, 2.05) is 60.8 Å². The monoisotopic (exact) mass is 419 g/mol. The number of hydrogen-bond acceptors (Lipinski definition) is 6. The molecular formula is C23H29N7O. The van der Waals surface area contributed by atoms with Gasteiger partial charge >= 0.3 is 0 Å². The Bertz CT molecular complexity index is 893. The number of rotatable bonds is 11. The van der Waals surface area contributed by atoms with Crippen LogP contribution in [-0.4, -0.2) is 33.9 Å². The van der Waals surface area contributed by atoms with Gasteiger partial charge in [0.25, 0.3) is 5.91 Å². The predicted octanol–water partition coefficient (Wildman–Crippen LogP) is 3.05. The number of unbranched alkanes of at least 4 members (excludes halogenated alkanes) is 1. The minimum absolute atomic E-state index is 0.171. The van der Waals surface area contributed by atoms with Gasteiger partial charge in [0.05, 0.1) is 12.2 Å². The predicted molar refractivity (Wildman–Crippen MR) is 122 cm³/mol. The van der Waals surface area contributed by atoms with E-state index in [0.717, 1.165) is 49.6 Å². The smallest absolute Gasteiger partial charge is 0.269 e. The van der Waals surface area contributed by atoms with Crippen molar-refractivity contribution in [1.82, 2.24) is 20.3 Å². The number of amides is 1. The number of anilines is 1. The Morgan fingerprint density at radius 1 is 1.06 bits per heavy atom. The lowest BCUT2D eigenvalue weighted by atomic mass is 10.1. The summed E-state index contributed by atoms with van der Waals surface area (Å²) in [4.78, 5) is 22.1. The van der Waals surface area contributed by atoms with Gasteiger partial charge in [-0.3, -0.25) is 20.5 Å². The topological polar surface area (TPSA) is 123 Å². The normalized spacial score (nSPS) is 10.2. The van der Waals surface area contributed by atoms with Gasteiger partial charge in [-0.1, -0.05) is 30.3 Å². The van der Waals surface area contributed by atoms with Crippen LogP contribution in [0.2, 0.25) is 0 Å². The van der Waals surface area contributed by atoms with Gasteiger partial charge in [-0.2, -0.15) is 0 Å². The first kappa shape index (κ1) is 23.6. The van der Waals surface area contributed by atoms with Crippen LogP contribution in [0.5, 0.6) is 0 Å². The van der Waals surface area contributed by atoms with Gasteiger partial charge < -0.3 is 10.7 Å². The van der Waals surface area contributed by atoms with E-state index in [0.29, 0.717) is 12.1 Å². The molecule has 0 saturated carbocycles. The van der Waals surface area contributed by atoms with Crippen molar-refractivity contribution in [3.8, 4) is 6.57 Å². The lowest BCUT2D eigenvalue weighted by Gasteiger charge is -2.21. The van der Waals surface area contributed by atoms with Crippen molar-refractivity contribution >= 4 is 11.6 Å². The average Bonchev–Trinajstić information content (AvgIpc) is 3.33. The van der Waals surface area contributed by atoms with Crippen LogP contribution in [0.3, 0.4) is 0 Å². The van der Waals surface area contributed by atoms with Gasteiger partial charge in [0, 0.05) is 31.1 Å². The highest BCUT2D eigenvalue weighted by atomic mass is 16.2. The number of H-pyrrole nitrogens is 1. The fourth-order valence-corrected chi connectivity index (χ4v) is 3.03. The average molecular weight is 420 g/mol. The number of imidazole rings is 1. The minimum atomic E-state index is -0.171. The van der Waals surface area contributed by atoms with Crippen LogP contribution in [0.15, 0.2) is 67.0 Å². The highest BCUT2D eigenvalue weighted by molar-refractivity contribution is 5.94. The molecule has 0 spiro atoms. The molecule has 8 heteroatoms. The van der Waals surface area contributed by atoms with Crippen LogP contribution in [-0.2, 0) is 13.1 Å². The molecule has 0 aliphatic rings.